The molecule has 3 atom stereocenters. The first-order chi connectivity index (χ1) is 26.9. The number of nitrogens with one attached hydrogen (secondary N) is 4. The molecule has 1 aromatic carbocycles. The first-order valence-electron chi connectivity index (χ1n) is 20.3. The number of sulfonamides is 1. The van der Waals surface area contributed by atoms with E-state index in [-0.39, 0.29) is 12.0 Å². The molecule has 3 fully saturated rings. The number of carboxylic acid groups (broad SMARTS) is 1. The number of hydrogen-bond acceptors (Lipinski definition) is 9. The summed E-state index contributed by atoms with van der Waals surface area (Å²) in [7, 11) is -2.15. The summed E-state index contributed by atoms with van der Waals surface area (Å²) in [6, 6.07) is 2.69. The van der Waals surface area contributed by atoms with E-state index in [0.717, 1.165) is 48.4 Å². The molecule has 2 aliphatic heterocycles. The Morgan fingerprint density at radius 2 is 1.71 bits per heavy atom. The fourth-order valence-electron chi connectivity index (χ4n) is 7.82. The Labute approximate surface area is 328 Å². The summed E-state index contributed by atoms with van der Waals surface area (Å²) in [5.74, 6) is -0.116. The van der Waals surface area contributed by atoms with Crippen LogP contribution < -0.4 is 25.7 Å². The van der Waals surface area contributed by atoms with Crippen LogP contribution in [-0.2, 0) is 30.8 Å². The zero-order chi connectivity index (χ0) is 40.1. The molecular formula is C40H58N6O9S. The topological polar surface area (TPSA) is 217 Å². The molecule has 15 nitrogen and oxygen atoms in total. The summed E-state index contributed by atoms with van der Waals surface area (Å²) in [5.41, 5.74) is 2.15. The van der Waals surface area contributed by atoms with Crippen LogP contribution in [0.2, 0.25) is 0 Å². The average molecular weight is 799 g/mol. The molecule has 0 radical (unpaired) electrons. The van der Waals surface area contributed by atoms with E-state index in [1.165, 1.54) is 49.8 Å². The fourth-order valence-corrected chi connectivity index (χ4v) is 9.17. The van der Waals surface area contributed by atoms with E-state index in [1.54, 1.807) is 13.2 Å². The third-order valence-corrected chi connectivity index (χ3v) is 13.0. The fraction of sp³-hybridized carbons (Fsp3) is 0.650. The number of carbonyl (C=O) groups is 4. The van der Waals surface area contributed by atoms with Gasteiger partial charge in [-0.3, -0.25) is 23.9 Å². The lowest BCUT2D eigenvalue weighted by Crippen LogP contribution is -2.56. The maximum atomic E-state index is 13.1. The van der Waals surface area contributed by atoms with Gasteiger partial charge in [0.05, 0.1) is 23.4 Å². The maximum Gasteiger partial charge on any atom is 0.405 e. The number of aromatic nitrogens is 2. The molecule has 0 spiro atoms. The number of benzene rings is 1. The van der Waals surface area contributed by atoms with E-state index in [9.17, 15) is 32.4 Å². The van der Waals surface area contributed by atoms with Gasteiger partial charge in [-0.25, -0.2) is 18.2 Å². The van der Waals surface area contributed by atoms with Crippen molar-refractivity contribution >= 4 is 44.9 Å². The van der Waals surface area contributed by atoms with Crippen LogP contribution in [0.5, 0.6) is 5.75 Å². The molecule has 2 aliphatic carbocycles. The lowest BCUT2D eigenvalue weighted by Gasteiger charge is -2.29. The van der Waals surface area contributed by atoms with Crippen molar-refractivity contribution in [2.24, 2.45) is 5.92 Å². The molecule has 2 saturated carbocycles. The lowest BCUT2D eigenvalue weighted by atomic mass is 9.99. The molecule has 0 bridgehead atoms. The summed E-state index contributed by atoms with van der Waals surface area (Å²) in [5, 5.41) is 13.5. The second kappa shape index (κ2) is 20.6. The first-order valence-corrected chi connectivity index (χ1v) is 21.9. The quantitative estimate of drug-likeness (QED) is 0.154. The minimum atomic E-state index is -3.77. The van der Waals surface area contributed by atoms with Crippen LogP contribution in [0.25, 0.3) is 11.0 Å². The predicted octanol–water partition coefficient (Wildman–Crippen LogP) is 4.84. The van der Waals surface area contributed by atoms with Gasteiger partial charge >= 0.3 is 6.09 Å². The van der Waals surface area contributed by atoms with Gasteiger partial charge in [0.15, 0.2) is 0 Å². The number of rotatable bonds is 11. The Morgan fingerprint density at radius 1 is 0.946 bits per heavy atom. The van der Waals surface area contributed by atoms with Gasteiger partial charge in [-0.15, -0.1) is 0 Å². The van der Waals surface area contributed by atoms with Crippen molar-refractivity contribution in [3.63, 3.8) is 0 Å². The number of aromatic amines is 1. The molecule has 4 aliphatic rings. The molecule has 2 aromatic rings. The Kier molecular flexibility index (Phi) is 15.7. The van der Waals surface area contributed by atoms with Gasteiger partial charge in [0.2, 0.25) is 21.8 Å². The molecule has 6 rings (SSSR count). The molecular weight excluding hydrogens is 741 g/mol. The number of ether oxygens (including phenoxy) is 1. The van der Waals surface area contributed by atoms with Gasteiger partial charge in [0, 0.05) is 12.6 Å². The predicted molar refractivity (Wildman–Crippen MR) is 212 cm³/mol. The average Bonchev–Trinajstić information content (AvgIpc) is 3.70. The molecule has 1 aromatic heterocycles. The van der Waals surface area contributed by atoms with Gasteiger partial charge in [0.25, 0.3) is 11.5 Å². The number of carbonyl (C=O) groups excluding carboxylic acids is 3. The number of H-pyrrole nitrogens is 1. The normalized spacial score (nSPS) is 23.2. The van der Waals surface area contributed by atoms with E-state index in [4.69, 9.17) is 9.84 Å². The molecule has 3 heterocycles. The summed E-state index contributed by atoms with van der Waals surface area (Å²) < 4.78 is 31.7. The van der Waals surface area contributed by atoms with Gasteiger partial charge < -0.3 is 30.4 Å². The zero-order valence-electron chi connectivity index (χ0n) is 32.4. The smallest absolute Gasteiger partial charge is 0.405 e. The second-order valence-corrected chi connectivity index (χ2v) is 17.4. The van der Waals surface area contributed by atoms with Crippen LogP contribution >= 0.6 is 0 Å². The molecule has 56 heavy (non-hydrogen) atoms. The highest BCUT2D eigenvalue weighted by molar-refractivity contribution is 7.90. The maximum absolute atomic E-state index is 13.1. The first kappa shape index (κ1) is 42.7. The standard InChI is InChI=1S/C21H32N4O7S.C19H26N2O2/c26-18(24-33(31,32)14-11-12-14)15-8-5-3-1-2-4-6-9-16(23-21(29)30)20(28)25-13-7-10-17(25)19(27)22-15;1-23-15-11-12-16-18(13-15)21-19(22)17(20-16)10-4-2-3-7-14-8-5-6-9-14/h3,5,14-17,23H,1-2,4,6-13H2,(H,22,27)(H,24,26)(H,29,30);11-14H,2-10H2,1H3,(H,21,22)/b5-3-;/t15?,16-,17?;/m0./s1. The van der Waals surface area contributed by atoms with E-state index in [2.05, 4.69) is 25.3 Å². The number of unbranched alkanes of at least 4 members (excludes halogenated alkanes) is 2. The van der Waals surface area contributed by atoms with Gasteiger partial charge in [0.1, 0.15) is 29.6 Å². The van der Waals surface area contributed by atoms with Crippen molar-refractivity contribution in [3.05, 3.63) is 46.4 Å². The third-order valence-electron chi connectivity index (χ3n) is 11.1. The van der Waals surface area contributed by atoms with Gasteiger partial charge in [-0.1, -0.05) is 69.9 Å². The minimum Gasteiger partial charge on any atom is -0.497 e. The van der Waals surface area contributed by atoms with Crippen molar-refractivity contribution in [3.8, 4) is 5.75 Å². The van der Waals surface area contributed by atoms with Gasteiger partial charge in [-0.2, -0.15) is 0 Å². The van der Waals surface area contributed by atoms with Crippen molar-refractivity contribution in [1.29, 1.82) is 0 Å². The largest absolute Gasteiger partial charge is 0.497 e. The third kappa shape index (κ3) is 12.5. The molecule has 4 amide bonds. The van der Waals surface area contributed by atoms with Crippen molar-refractivity contribution in [2.45, 2.75) is 145 Å². The highest BCUT2D eigenvalue weighted by Crippen LogP contribution is 2.29. The molecule has 5 N–H and O–H groups in total. The number of methoxy groups -OCH3 is 1. The second-order valence-electron chi connectivity index (χ2n) is 15.5. The van der Waals surface area contributed by atoms with Crippen LogP contribution in [-0.4, -0.2) is 89.2 Å². The van der Waals surface area contributed by atoms with Crippen LogP contribution in [0.4, 0.5) is 4.79 Å². The molecule has 308 valence electrons. The van der Waals surface area contributed by atoms with E-state index < -0.39 is 57.2 Å². The van der Waals surface area contributed by atoms with Crippen LogP contribution in [0.3, 0.4) is 0 Å². The molecule has 16 heteroatoms. The Hall–Kier alpha value is -4.47. The Bertz CT molecular complexity index is 1870. The molecule has 1 saturated heterocycles. The minimum absolute atomic E-state index is 0.0680. The summed E-state index contributed by atoms with van der Waals surface area (Å²) >= 11 is 0. The van der Waals surface area contributed by atoms with E-state index >= 15 is 0 Å². The van der Waals surface area contributed by atoms with E-state index in [1.807, 2.05) is 24.3 Å². The highest BCUT2D eigenvalue weighted by Gasteiger charge is 2.41. The molecule has 2 unspecified atom stereocenters. The highest BCUT2D eigenvalue weighted by atomic mass is 32.2. The van der Waals surface area contributed by atoms with Crippen molar-refractivity contribution in [1.82, 2.24) is 30.2 Å². The van der Waals surface area contributed by atoms with Gasteiger partial charge in [-0.05, 0) is 82.3 Å². The Balaban J connectivity index is 0.000000228. The lowest BCUT2D eigenvalue weighted by molar-refractivity contribution is -0.140. The van der Waals surface area contributed by atoms with Crippen LogP contribution in [0, 0.1) is 5.92 Å². The number of amides is 4. The van der Waals surface area contributed by atoms with E-state index in [0.29, 0.717) is 57.2 Å². The Morgan fingerprint density at radius 3 is 2.45 bits per heavy atom. The number of aryl methyl sites for hydroxylation is 1. The number of hydrogen-bond donors (Lipinski definition) is 5. The zero-order valence-corrected chi connectivity index (χ0v) is 33.2. The van der Waals surface area contributed by atoms with Crippen LogP contribution in [0.1, 0.15) is 121 Å². The SMILES string of the molecule is COc1ccc2nc(CCCCCC3CCCC3)c(=O)[nH]c2c1.O=C(O)N[C@H]1CCCCC/C=C\CC(C(=O)NS(=O)(=O)C2CC2)NC(=O)C2CCCN2C1=O. The monoisotopic (exact) mass is 798 g/mol. The summed E-state index contributed by atoms with van der Waals surface area (Å²) in [6.45, 7) is 0.307. The summed E-state index contributed by atoms with van der Waals surface area (Å²) in [4.78, 5) is 71.0. The van der Waals surface area contributed by atoms with Crippen LogP contribution in [0.15, 0.2) is 35.1 Å². The summed E-state index contributed by atoms with van der Waals surface area (Å²) in [6.07, 6.45) is 19.1. The van der Waals surface area contributed by atoms with Crippen molar-refractivity contribution < 1.29 is 37.4 Å². The van der Waals surface area contributed by atoms with Crippen molar-refractivity contribution in [2.75, 3.05) is 13.7 Å². The number of fused-ring (bicyclic) bond motifs is 2. The number of allylic oxidation sites excluding steroid dienone is 1. The number of nitrogens with zero attached hydrogens (tertiary/aromatic N) is 2.